The summed E-state index contributed by atoms with van der Waals surface area (Å²) in [5.41, 5.74) is 0.946. The zero-order valence-electron chi connectivity index (χ0n) is 8.19. The second-order valence-electron chi connectivity index (χ2n) is 3.23. The Balaban J connectivity index is 2.65. The van der Waals surface area contributed by atoms with Crippen LogP contribution in [0.2, 0.25) is 0 Å². The number of benzene rings is 1. The molecule has 0 N–H and O–H groups in total. The van der Waals surface area contributed by atoms with Gasteiger partial charge in [0.1, 0.15) is 0 Å². The van der Waals surface area contributed by atoms with Gasteiger partial charge in [-0.15, -0.1) is 0 Å². The van der Waals surface area contributed by atoms with E-state index < -0.39 is 0 Å². The van der Waals surface area contributed by atoms with Crippen molar-refractivity contribution < 1.29 is 4.79 Å². The molecule has 0 fully saturated rings. The molecule has 0 aromatic heterocycles. The monoisotopic (exact) mass is 224 g/mol. The summed E-state index contributed by atoms with van der Waals surface area (Å²) in [5.74, 6) is 0.0293. The molecule has 3 heteroatoms. The summed E-state index contributed by atoms with van der Waals surface area (Å²) < 4.78 is 0.657. The maximum atomic E-state index is 11.4. The summed E-state index contributed by atoms with van der Waals surface area (Å²) in [5, 5.41) is 0.124. The van der Waals surface area contributed by atoms with Crippen molar-refractivity contribution in [3.05, 3.63) is 35.9 Å². The van der Waals surface area contributed by atoms with Crippen LogP contribution >= 0.6 is 24.0 Å². The van der Waals surface area contributed by atoms with Crippen molar-refractivity contribution >= 4 is 33.3 Å². The van der Waals surface area contributed by atoms with Crippen LogP contribution in [0.5, 0.6) is 0 Å². The quantitative estimate of drug-likeness (QED) is 0.718. The minimum Gasteiger partial charge on any atom is -0.287 e. The molecule has 0 unspecified atom stereocenters. The topological polar surface area (TPSA) is 17.1 Å². The smallest absolute Gasteiger partial charge is 0.197 e. The molecule has 0 saturated heterocycles. The van der Waals surface area contributed by atoms with Gasteiger partial charge in [-0.1, -0.05) is 56.4 Å². The molecule has 74 valence electrons. The van der Waals surface area contributed by atoms with Gasteiger partial charge in [0.05, 0.1) is 4.20 Å². The van der Waals surface area contributed by atoms with E-state index in [2.05, 4.69) is 0 Å². The molecule has 0 radical (unpaired) electrons. The molecule has 0 aliphatic heterocycles. The number of thiocarbonyl (C=S) groups is 1. The first-order valence-electron chi connectivity index (χ1n) is 4.42. The summed E-state index contributed by atoms with van der Waals surface area (Å²) in [7, 11) is 0. The highest BCUT2D eigenvalue weighted by atomic mass is 32.2. The van der Waals surface area contributed by atoms with Crippen molar-refractivity contribution in [3.8, 4) is 0 Å². The molecule has 0 saturated carbocycles. The second-order valence-corrected chi connectivity index (χ2v) is 4.91. The Kier molecular flexibility index (Phi) is 4.29. The summed E-state index contributed by atoms with van der Waals surface area (Å²) in [6, 6.07) is 9.61. The summed E-state index contributed by atoms with van der Waals surface area (Å²) in [6.45, 7) is 3.76. The highest BCUT2D eigenvalue weighted by Crippen LogP contribution is 2.18. The standard InChI is InChI=1S/C11H12OS2/c1-8(2)10(12)14-11(13)9-6-4-3-5-7-9/h3-8H,1-2H3. The number of carbonyl (C=O) groups is 1. The molecule has 1 rings (SSSR count). The minimum absolute atomic E-state index is 0.0293. The van der Waals surface area contributed by atoms with Crippen molar-refractivity contribution in [1.82, 2.24) is 0 Å². The van der Waals surface area contributed by atoms with Gasteiger partial charge < -0.3 is 0 Å². The Morgan fingerprint density at radius 2 is 1.86 bits per heavy atom. The first-order valence-corrected chi connectivity index (χ1v) is 5.65. The maximum Gasteiger partial charge on any atom is 0.197 e. The van der Waals surface area contributed by atoms with E-state index in [1.165, 1.54) is 0 Å². The molecular weight excluding hydrogens is 212 g/mol. The van der Waals surface area contributed by atoms with Gasteiger partial charge >= 0.3 is 0 Å². The SMILES string of the molecule is CC(C)C(=O)SC(=S)c1ccccc1. The molecule has 0 aliphatic rings. The van der Waals surface area contributed by atoms with E-state index in [0.29, 0.717) is 4.20 Å². The average Bonchev–Trinajstić information content (AvgIpc) is 2.19. The number of hydrogen-bond donors (Lipinski definition) is 0. The van der Waals surface area contributed by atoms with Gasteiger partial charge in [-0.25, -0.2) is 0 Å². The Hall–Kier alpha value is -0.670. The predicted octanol–water partition coefficient (Wildman–Crippen LogP) is 3.28. The third-order valence-corrected chi connectivity index (χ3v) is 3.25. The molecule has 1 nitrogen and oxygen atoms in total. The third-order valence-electron chi connectivity index (χ3n) is 1.67. The summed E-state index contributed by atoms with van der Waals surface area (Å²) in [6.07, 6.45) is 0. The van der Waals surface area contributed by atoms with Crippen LogP contribution in [0.3, 0.4) is 0 Å². The Morgan fingerprint density at radius 1 is 1.29 bits per heavy atom. The normalized spacial score (nSPS) is 10.2. The van der Waals surface area contributed by atoms with E-state index in [1.54, 1.807) is 0 Å². The summed E-state index contributed by atoms with van der Waals surface area (Å²) in [4.78, 5) is 11.4. The van der Waals surface area contributed by atoms with Gasteiger partial charge in [0.25, 0.3) is 0 Å². The van der Waals surface area contributed by atoms with E-state index in [-0.39, 0.29) is 11.0 Å². The molecule has 0 amide bonds. The van der Waals surface area contributed by atoms with Crippen LogP contribution in [-0.2, 0) is 4.79 Å². The zero-order valence-corrected chi connectivity index (χ0v) is 9.82. The van der Waals surface area contributed by atoms with Gasteiger partial charge in [-0.3, -0.25) is 4.79 Å². The van der Waals surface area contributed by atoms with E-state index in [1.807, 2.05) is 44.2 Å². The first kappa shape index (κ1) is 11.4. The number of hydrogen-bond acceptors (Lipinski definition) is 3. The number of rotatable bonds is 2. The van der Waals surface area contributed by atoms with Gasteiger partial charge in [-0.2, -0.15) is 0 Å². The molecular formula is C11H12OS2. The van der Waals surface area contributed by atoms with Crippen molar-refractivity contribution in [2.24, 2.45) is 5.92 Å². The van der Waals surface area contributed by atoms with E-state index >= 15 is 0 Å². The minimum atomic E-state index is 0.0293. The van der Waals surface area contributed by atoms with Crippen LogP contribution in [0.15, 0.2) is 30.3 Å². The Labute approximate surface area is 93.9 Å². The van der Waals surface area contributed by atoms with Crippen molar-refractivity contribution in [3.63, 3.8) is 0 Å². The van der Waals surface area contributed by atoms with E-state index in [9.17, 15) is 4.79 Å². The summed E-state index contributed by atoms with van der Waals surface area (Å²) >= 11 is 6.31. The molecule has 1 aromatic rings. The molecule has 0 bridgehead atoms. The van der Waals surface area contributed by atoms with Gasteiger partial charge in [0.2, 0.25) is 0 Å². The number of carbonyl (C=O) groups excluding carboxylic acids is 1. The van der Waals surface area contributed by atoms with Gasteiger partial charge in [-0.05, 0) is 17.3 Å². The fourth-order valence-electron chi connectivity index (χ4n) is 0.842. The first-order chi connectivity index (χ1) is 6.61. The fourth-order valence-corrected chi connectivity index (χ4v) is 1.90. The average molecular weight is 224 g/mol. The highest BCUT2D eigenvalue weighted by molar-refractivity contribution is 8.33. The van der Waals surface area contributed by atoms with Crippen LogP contribution in [-0.4, -0.2) is 9.31 Å². The highest BCUT2D eigenvalue weighted by Gasteiger charge is 2.11. The zero-order chi connectivity index (χ0) is 10.6. The molecule has 0 spiro atoms. The molecule has 1 aromatic carbocycles. The lowest BCUT2D eigenvalue weighted by Gasteiger charge is -2.04. The van der Waals surface area contributed by atoms with E-state index in [4.69, 9.17) is 12.2 Å². The predicted molar refractivity (Wildman–Crippen MR) is 65.6 cm³/mol. The van der Waals surface area contributed by atoms with Gasteiger partial charge in [0.15, 0.2) is 5.12 Å². The Morgan fingerprint density at radius 3 is 2.36 bits per heavy atom. The third kappa shape index (κ3) is 3.24. The molecule has 0 aliphatic carbocycles. The lowest BCUT2D eigenvalue weighted by molar-refractivity contribution is -0.113. The molecule has 14 heavy (non-hydrogen) atoms. The molecule has 0 heterocycles. The van der Waals surface area contributed by atoms with Crippen LogP contribution < -0.4 is 0 Å². The van der Waals surface area contributed by atoms with Crippen molar-refractivity contribution in [2.75, 3.05) is 0 Å². The van der Waals surface area contributed by atoms with Gasteiger partial charge in [0, 0.05) is 5.92 Å². The van der Waals surface area contributed by atoms with E-state index in [0.717, 1.165) is 17.3 Å². The van der Waals surface area contributed by atoms with Crippen molar-refractivity contribution in [2.45, 2.75) is 13.8 Å². The van der Waals surface area contributed by atoms with Crippen LogP contribution in [0, 0.1) is 5.92 Å². The van der Waals surface area contributed by atoms with Crippen LogP contribution in [0.25, 0.3) is 0 Å². The second kappa shape index (κ2) is 5.27. The lowest BCUT2D eigenvalue weighted by atomic mass is 10.2. The Bertz CT molecular complexity index is 330. The molecule has 0 atom stereocenters. The van der Waals surface area contributed by atoms with Crippen LogP contribution in [0.1, 0.15) is 19.4 Å². The van der Waals surface area contributed by atoms with Crippen LogP contribution in [0.4, 0.5) is 0 Å². The fraction of sp³-hybridized carbons (Fsp3) is 0.273. The van der Waals surface area contributed by atoms with Crippen molar-refractivity contribution in [1.29, 1.82) is 0 Å². The maximum absolute atomic E-state index is 11.4. The number of thioether (sulfide) groups is 1. The largest absolute Gasteiger partial charge is 0.287 e. The lowest BCUT2D eigenvalue weighted by Crippen LogP contribution is -2.05.